The van der Waals surface area contributed by atoms with E-state index < -0.39 is 12.3 Å². The van der Waals surface area contributed by atoms with Gasteiger partial charge < -0.3 is 10.5 Å². The molecule has 2 rings (SSSR count). The first-order chi connectivity index (χ1) is 12.1. The average Bonchev–Trinajstić information content (AvgIpc) is 2.52. The molecule has 2 aromatic carbocycles. The number of hydrogen-bond donors (Lipinski definition) is 1. The van der Waals surface area contributed by atoms with Gasteiger partial charge in [-0.25, -0.2) is 0 Å². The Hall–Kier alpha value is -2.50. The third kappa shape index (κ3) is 4.18. The molecule has 0 radical (unpaired) electrons. The van der Waals surface area contributed by atoms with E-state index in [4.69, 9.17) is 5.73 Å². The van der Waals surface area contributed by atoms with Crippen LogP contribution in [0.3, 0.4) is 0 Å². The molecule has 0 saturated carbocycles. The van der Waals surface area contributed by atoms with Gasteiger partial charge in [-0.2, -0.15) is 0 Å². The van der Waals surface area contributed by atoms with E-state index in [1.807, 2.05) is 19.9 Å². The number of primary amides is 1. The van der Waals surface area contributed by atoms with Crippen LogP contribution in [0.2, 0.25) is 0 Å². The lowest BCUT2D eigenvalue weighted by Crippen LogP contribution is -2.18. The summed E-state index contributed by atoms with van der Waals surface area (Å²) in [5.41, 5.74) is 9.67. The Labute approximate surface area is 151 Å². The molecule has 1 amide bonds. The van der Waals surface area contributed by atoms with Gasteiger partial charge in [0.25, 0.3) is 0 Å². The zero-order valence-corrected chi connectivity index (χ0v) is 15.3. The Morgan fingerprint density at radius 2 is 1.58 bits per heavy atom. The SMILES string of the molecule is CCc1cc(C(N)=O)cc(C)c1-c1c(CC)cc(C)cc1OC(F)(F)F. The number of hydrogen-bond acceptors (Lipinski definition) is 2. The van der Waals surface area contributed by atoms with Gasteiger partial charge in [0.1, 0.15) is 5.75 Å². The van der Waals surface area contributed by atoms with Gasteiger partial charge in [0.2, 0.25) is 5.91 Å². The van der Waals surface area contributed by atoms with Gasteiger partial charge in [-0.1, -0.05) is 19.9 Å². The summed E-state index contributed by atoms with van der Waals surface area (Å²) >= 11 is 0. The van der Waals surface area contributed by atoms with Crippen molar-refractivity contribution in [2.24, 2.45) is 5.73 Å². The fourth-order valence-corrected chi connectivity index (χ4v) is 3.23. The summed E-state index contributed by atoms with van der Waals surface area (Å²) in [7, 11) is 0. The molecule has 0 atom stereocenters. The molecule has 140 valence electrons. The van der Waals surface area contributed by atoms with E-state index in [1.165, 1.54) is 6.07 Å². The zero-order chi connectivity index (χ0) is 19.6. The first kappa shape index (κ1) is 19.8. The van der Waals surface area contributed by atoms with Crippen LogP contribution in [0.1, 0.15) is 46.5 Å². The minimum absolute atomic E-state index is 0.223. The van der Waals surface area contributed by atoms with Crippen LogP contribution in [0.4, 0.5) is 13.2 Å². The normalized spacial score (nSPS) is 11.5. The molecule has 6 heteroatoms. The highest BCUT2D eigenvalue weighted by atomic mass is 19.4. The summed E-state index contributed by atoms with van der Waals surface area (Å²) in [4.78, 5) is 11.5. The molecule has 0 aliphatic rings. The maximum Gasteiger partial charge on any atom is 0.573 e. The predicted molar refractivity (Wildman–Crippen MR) is 95.3 cm³/mol. The highest BCUT2D eigenvalue weighted by Crippen LogP contribution is 2.41. The molecule has 0 fully saturated rings. The summed E-state index contributed by atoms with van der Waals surface area (Å²) in [6.45, 7) is 7.26. The van der Waals surface area contributed by atoms with Crippen LogP contribution in [0.15, 0.2) is 24.3 Å². The number of benzene rings is 2. The van der Waals surface area contributed by atoms with Crippen molar-refractivity contribution in [3.63, 3.8) is 0 Å². The molecule has 0 unspecified atom stereocenters. The number of carbonyl (C=O) groups is 1. The second-order valence-corrected chi connectivity index (χ2v) is 6.24. The lowest BCUT2D eigenvalue weighted by Gasteiger charge is -2.21. The summed E-state index contributed by atoms with van der Waals surface area (Å²) in [6.07, 6.45) is -3.70. The molecule has 0 aliphatic carbocycles. The van der Waals surface area contributed by atoms with Crippen LogP contribution in [0, 0.1) is 13.8 Å². The Balaban J connectivity index is 2.84. The molecule has 3 nitrogen and oxygen atoms in total. The van der Waals surface area contributed by atoms with Crippen molar-refractivity contribution >= 4 is 5.91 Å². The first-order valence-corrected chi connectivity index (χ1v) is 8.40. The van der Waals surface area contributed by atoms with Gasteiger partial charge in [0, 0.05) is 11.1 Å². The fraction of sp³-hybridized carbons (Fsp3) is 0.350. The largest absolute Gasteiger partial charge is 0.573 e. The molecule has 0 aliphatic heterocycles. The number of aryl methyl sites for hydroxylation is 4. The molecular formula is C20H22F3NO2. The number of amides is 1. The van der Waals surface area contributed by atoms with E-state index in [-0.39, 0.29) is 5.75 Å². The van der Waals surface area contributed by atoms with Crippen LogP contribution >= 0.6 is 0 Å². The lowest BCUT2D eigenvalue weighted by atomic mass is 9.87. The van der Waals surface area contributed by atoms with Crippen molar-refractivity contribution < 1.29 is 22.7 Å². The van der Waals surface area contributed by atoms with Gasteiger partial charge in [-0.3, -0.25) is 4.79 Å². The van der Waals surface area contributed by atoms with Crippen molar-refractivity contribution in [2.75, 3.05) is 0 Å². The second kappa shape index (κ2) is 7.40. The second-order valence-electron chi connectivity index (χ2n) is 6.24. The smallest absolute Gasteiger partial charge is 0.405 e. The maximum atomic E-state index is 13.0. The Bertz CT molecular complexity index is 842. The number of carbonyl (C=O) groups excluding carboxylic acids is 1. The van der Waals surface area contributed by atoms with Crippen LogP contribution < -0.4 is 10.5 Å². The molecular weight excluding hydrogens is 343 g/mol. The topological polar surface area (TPSA) is 52.3 Å². The predicted octanol–water partition coefficient (Wildman–Crippen LogP) is 5.09. The molecule has 2 N–H and O–H groups in total. The van der Waals surface area contributed by atoms with E-state index in [9.17, 15) is 18.0 Å². The summed E-state index contributed by atoms with van der Waals surface area (Å²) < 4.78 is 43.3. The van der Waals surface area contributed by atoms with Gasteiger partial charge >= 0.3 is 6.36 Å². The van der Waals surface area contributed by atoms with Crippen molar-refractivity contribution in [2.45, 2.75) is 46.9 Å². The first-order valence-electron chi connectivity index (χ1n) is 8.40. The Kier molecular flexibility index (Phi) is 5.64. The van der Waals surface area contributed by atoms with Crippen molar-refractivity contribution in [1.29, 1.82) is 0 Å². The van der Waals surface area contributed by atoms with Crippen LogP contribution in [0.5, 0.6) is 5.75 Å². The summed E-state index contributed by atoms with van der Waals surface area (Å²) in [6, 6.07) is 6.50. The zero-order valence-electron chi connectivity index (χ0n) is 15.3. The lowest BCUT2D eigenvalue weighted by molar-refractivity contribution is -0.274. The minimum Gasteiger partial charge on any atom is -0.405 e. The van der Waals surface area contributed by atoms with Crippen molar-refractivity contribution in [3.05, 3.63) is 52.1 Å². The summed E-state index contributed by atoms with van der Waals surface area (Å²) in [5.74, 6) is -0.792. The van der Waals surface area contributed by atoms with E-state index >= 15 is 0 Å². The Morgan fingerprint density at radius 1 is 1.00 bits per heavy atom. The fourth-order valence-electron chi connectivity index (χ4n) is 3.23. The van der Waals surface area contributed by atoms with Crippen LogP contribution in [0.25, 0.3) is 11.1 Å². The molecule has 0 aromatic heterocycles. The number of halogens is 3. The molecule has 0 spiro atoms. The third-order valence-corrected chi connectivity index (χ3v) is 4.27. The standard InChI is InChI=1S/C20H22F3NO2/c1-5-13-7-11(3)8-16(26-20(21,22)23)18(13)17-12(4)9-15(19(24)25)10-14(17)6-2/h7-10H,5-6H2,1-4H3,(H2,24,25). The van der Waals surface area contributed by atoms with Gasteiger partial charge in [0.05, 0.1) is 0 Å². The number of rotatable bonds is 5. The maximum absolute atomic E-state index is 13.0. The number of alkyl halides is 3. The monoisotopic (exact) mass is 365 g/mol. The van der Waals surface area contributed by atoms with Gasteiger partial charge in [-0.05, 0) is 72.7 Å². The van der Waals surface area contributed by atoms with Crippen molar-refractivity contribution in [3.8, 4) is 16.9 Å². The number of nitrogens with two attached hydrogens (primary N) is 1. The Morgan fingerprint density at radius 3 is 2.08 bits per heavy atom. The molecule has 2 aromatic rings. The highest BCUT2D eigenvalue weighted by Gasteiger charge is 2.33. The number of ether oxygens (including phenoxy) is 1. The molecule has 0 heterocycles. The van der Waals surface area contributed by atoms with Crippen LogP contribution in [-0.4, -0.2) is 12.3 Å². The van der Waals surface area contributed by atoms with E-state index in [1.54, 1.807) is 26.0 Å². The van der Waals surface area contributed by atoms with E-state index in [0.717, 1.165) is 11.1 Å². The van der Waals surface area contributed by atoms with E-state index in [0.29, 0.717) is 40.7 Å². The molecule has 0 bridgehead atoms. The van der Waals surface area contributed by atoms with Gasteiger partial charge in [-0.15, -0.1) is 13.2 Å². The van der Waals surface area contributed by atoms with Gasteiger partial charge in [0.15, 0.2) is 0 Å². The minimum atomic E-state index is -4.79. The average molecular weight is 365 g/mol. The van der Waals surface area contributed by atoms with E-state index in [2.05, 4.69) is 4.74 Å². The van der Waals surface area contributed by atoms with Crippen LogP contribution in [-0.2, 0) is 12.8 Å². The third-order valence-electron chi connectivity index (χ3n) is 4.27. The molecule has 26 heavy (non-hydrogen) atoms. The quantitative estimate of drug-likeness (QED) is 0.802. The van der Waals surface area contributed by atoms with Crippen molar-refractivity contribution in [1.82, 2.24) is 0 Å². The highest BCUT2D eigenvalue weighted by molar-refractivity contribution is 5.95. The summed E-state index contributed by atoms with van der Waals surface area (Å²) in [5, 5.41) is 0. The molecule has 0 saturated heterocycles.